The van der Waals surface area contributed by atoms with E-state index < -0.39 is 6.10 Å². The van der Waals surface area contributed by atoms with Gasteiger partial charge >= 0.3 is 0 Å². The molecule has 0 aliphatic carbocycles. The van der Waals surface area contributed by atoms with E-state index in [1.807, 2.05) is 30.3 Å². The van der Waals surface area contributed by atoms with Gasteiger partial charge in [-0.1, -0.05) is 30.3 Å². The zero-order valence-electron chi connectivity index (χ0n) is 9.54. The molecule has 1 aromatic rings. The Labute approximate surface area is 100 Å². The van der Waals surface area contributed by atoms with Crippen LogP contribution in [-0.2, 0) is 4.79 Å². The molecular formula is C12H18N2O3. The summed E-state index contributed by atoms with van der Waals surface area (Å²) in [6, 6.07) is 8.97. The summed E-state index contributed by atoms with van der Waals surface area (Å²) >= 11 is 0. The van der Waals surface area contributed by atoms with Crippen molar-refractivity contribution in [3.63, 3.8) is 0 Å². The monoisotopic (exact) mass is 238 g/mol. The maximum absolute atomic E-state index is 11.5. The van der Waals surface area contributed by atoms with Gasteiger partial charge in [-0.05, 0) is 5.56 Å². The molecule has 5 N–H and O–H groups in total. The predicted molar refractivity (Wildman–Crippen MR) is 64.1 cm³/mol. The number of hydrogen-bond acceptors (Lipinski definition) is 4. The van der Waals surface area contributed by atoms with Crippen LogP contribution in [0.1, 0.15) is 18.0 Å². The van der Waals surface area contributed by atoms with Gasteiger partial charge in [0.25, 0.3) is 0 Å². The molecular weight excluding hydrogens is 220 g/mol. The summed E-state index contributed by atoms with van der Waals surface area (Å²) in [6.07, 6.45) is -0.769. The SMILES string of the molecule is NC(CC(=O)NCC(O)CO)c1ccccc1. The zero-order chi connectivity index (χ0) is 12.7. The molecule has 2 unspecified atom stereocenters. The second kappa shape index (κ2) is 7.01. The molecule has 1 amide bonds. The fourth-order valence-corrected chi connectivity index (χ4v) is 1.39. The van der Waals surface area contributed by atoms with Crippen molar-refractivity contribution in [2.75, 3.05) is 13.2 Å². The van der Waals surface area contributed by atoms with Crippen LogP contribution in [0, 0.1) is 0 Å². The van der Waals surface area contributed by atoms with Crippen molar-refractivity contribution in [3.05, 3.63) is 35.9 Å². The number of benzene rings is 1. The van der Waals surface area contributed by atoms with Gasteiger partial charge in [-0.2, -0.15) is 0 Å². The van der Waals surface area contributed by atoms with Crippen LogP contribution in [0.4, 0.5) is 0 Å². The summed E-state index contributed by atoms with van der Waals surface area (Å²) in [4.78, 5) is 11.5. The molecule has 0 spiro atoms. The van der Waals surface area contributed by atoms with E-state index in [0.29, 0.717) is 0 Å². The summed E-state index contributed by atoms with van der Waals surface area (Å²) in [7, 11) is 0. The highest BCUT2D eigenvalue weighted by molar-refractivity contribution is 5.76. The molecule has 5 heteroatoms. The standard InChI is InChI=1S/C12H18N2O3/c13-11(9-4-2-1-3-5-9)6-12(17)14-7-10(16)8-15/h1-5,10-11,15-16H,6-8,13H2,(H,14,17). The van der Waals surface area contributed by atoms with Crippen molar-refractivity contribution in [1.29, 1.82) is 0 Å². The van der Waals surface area contributed by atoms with E-state index in [4.69, 9.17) is 15.9 Å². The molecule has 0 saturated carbocycles. The van der Waals surface area contributed by atoms with Crippen LogP contribution in [-0.4, -0.2) is 35.4 Å². The second-order valence-electron chi connectivity index (χ2n) is 3.86. The van der Waals surface area contributed by atoms with Crippen LogP contribution in [0.5, 0.6) is 0 Å². The molecule has 0 radical (unpaired) electrons. The van der Waals surface area contributed by atoms with Gasteiger partial charge < -0.3 is 21.3 Å². The Morgan fingerprint density at radius 3 is 2.59 bits per heavy atom. The predicted octanol–water partition coefficient (Wildman–Crippen LogP) is -0.454. The lowest BCUT2D eigenvalue weighted by Gasteiger charge is -2.13. The molecule has 17 heavy (non-hydrogen) atoms. The first-order valence-corrected chi connectivity index (χ1v) is 5.49. The largest absolute Gasteiger partial charge is 0.394 e. The smallest absolute Gasteiger partial charge is 0.221 e. The first-order chi connectivity index (χ1) is 8.13. The number of rotatable bonds is 6. The van der Waals surface area contributed by atoms with E-state index >= 15 is 0 Å². The summed E-state index contributed by atoms with van der Waals surface area (Å²) < 4.78 is 0. The van der Waals surface area contributed by atoms with E-state index in [1.165, 1.54) is 0 Å². The van der Waals surface area contributed by atoms with Crippen LogP contribution in [0.3, 0.4) is 0 Å². The Balaban J connectivity index is 2.36. The Hall–Kier alpha value is -1.43. The number of aliphatic hydroxyl groups is 2. The van der Waals surface area contributed by atoms with E-state index in [0.717, 1.165) is 5.56 Å². The Morgan fingerprint density at radius 1 is 1.35 bits per heavy atom. The van der Waals surface area contributed by atoms with Crippen LogP contribution in [0.15, 0.2) is 30.3 Å². The number of hydrogen-bond donors (Lipinski definition) is 4. The molecule has 2 atom stereocenters. The van der Waals surface area contributed by atoms with Crippen molar-refractivity contribution in [1.82, 2.24) is 5.32 Å². The first-order valence-electron chi connectivity index (χ1n) is 5.49. The average Bonchev–Trinajstić information content (AvgIpc) is 2.36. The minimum atomic E-state index is -0.924. The van der Waals surface area contributed by atoms with Crippen molar-refractivity contribution in [2.45, 2.75) is 18.6 Å². The fraction of sp³-hybridized carbons (Fsp3) is 0.417. The number of nitrogens with one attached hydrogen (secondary N) is 1. The first kappa shape index (κ1) is 13.6. The lowest BCUT2D eigenvalue weighted by Crippen LogP contribution is -2.35. The molecule has 0 bridgehead atoms. The molecule has 0 saturated heterocycles. The van der Waals surface area contributed by atoms with E-state index in [9.17, 15) is 4.79 Å². The molecule has 0 fully saturated rings. The summed E-state index contributed by atoms with van der Waals surface area (Å²) in [5.41, 5.74) is 6.76. The van der Waals surface area contributed by atoms with Crippen LogP contribution in [0.25, 0.3) is 0 Å². The number of carbonyl (C=O) groups is 1. The summed E-state index contributed by atoms with van der Waals surface area (Å²) in [6.45, 7) is -0.331. The molecule has 94 valence electrons. The molecule has 0 aromatic heterocycles. The lowest BCUT2D eigenvalue weighted by atomic mass is 10.0. The number of aliphatic hydroxyl groups excluding tert-OH is 2. The quantitative estimate of drug-likeness (QED) is 0.539. The molecule has 1 aromatic carbocycles. The second-order valence-corrected chi connectivity index (χ2v) is 3.86. The van der Waals surface area contributed by atoms with Gasteiger partial charge in [0, 0.05) is 19.0 Å². The molecule has 0 heterocycles. The number of amides is 1. The van der Waals surface area contributed by atoms with Crippen LogP contribution >= 0.6 is 0 Å². The van der Waals surface area contributed by atoms with Crippen LogP contribution < -0.4 is 11.1 Å². The highest BCUT2D eigenvalue weighted by atomic mass is 16.3. The minimum absolute atomic E-state index is 0.0385. The van der Waals surface area contributed by atoms with E-state index in [1.54, 1.807) is 0 Å². The lowest BCUT2D eigenvalue weighted by molar-refractivity contribution is -0.122. The topological polar surface area (TPSA) is 95.6 Å². The maximum atomic E-state index is 11.5. The van der Waals surface area contributed by atoms with Gasteiger partial charge in [-0.25, -0.2) is 0 Å². The molecule has 0 aliphatic rings. The maximum Gasteiger partial charge on any atom is 0.221 e. The molecule has 5 nitrogen and oxygen atoms in total. The third-order valence-corrected chi connectivity index (χ3v) is 2.38. The van der Waals surface area contributed by atoms with Crippen molar-refractivity contribution < 1.29 is 15.0 Å². The summed E-state index contributed by atoms with van der Waals surface area (Å²) in [5.74, 6) is -0.242. The van der Waals surface area contributed by atoms with Gasteiger partial charge in [-0.15, -0.1) is 0 Å². The van der Waals surface area contributed by atoms with Gasteiger partial charge in [0.05, 0.1) is 12.7 Å². The fourth-order valence-electron chi connectivity index (χ4n) is 1.39. The Bertz CT molecular complexity index is 343. The normalized spacial score (nSPS) is 14.1. The van der Waals surface area contributed by atoms with Gasteiger partial charge in [0.1, 0.15) is 0 Å². The Kier molecular flexibility index (Phi) is 5.62. The molecule has 0 aliphatic heterocycles. The minimum Gasteiger partial charge on any atom is -0.394 e. The highest BCUT2D eigenvalue weighted by Gasteiger charge is 2.12. The molecule has 1 rings (SSSR count). The van der Waals surface area contributed by atoms with Crippen molar-refractivity contribution >= 4 is 5.91 Å². The number of nitrogens with two attached hydrogens (primary N) is 1. The summed E-state index contributed by atoms with van der Waals surface area (Å²) in [5, 5.41) is 20.1. The van der Waals surface area contributed by atoms with Crippen LogP contribution in [0.2, 0.25) is 0 Å². The van der Waals surface area contributed by atoms with Gasteiger partial charge in [-0.3, -0.25) is 4.79 Å². The number of carbonyl (C=O) groups excluding carboxylic acids is 1. The Morgan fingerprint density at radius 2 is 2.00 bits per heavy atom. The highest BCUT2D eigenvalue weighted by Crippen LogP contribution is 2.12. The average molecular weight is 238 g/mol. The van der Waals surface area contributed by atoms with Crippen molar-refractivity contribution in [3.8, 4) is 0 Å². The van der Waals surface area contributed by atoms with E-state index in [2.05, 4.69) is 5.32 Å². The van der Waals surface area contributed by atoms with Gasteiger partial charge in [0.2, 0.25) is 5.91 Å². The van der Waals surface area contributed by atoms with Gasteiger partial charge in [0.15, 0.2) is 0 Å². The van der Waals surface area contributed by atoms with Crippen molar-refractivity contribution in [2.24, 2.45) is 5.73 Å². The third kappa shape index (κ3) is 4.95. The third-order valence-electron chi connectivity index (χ3n) is 2.38. The zero-order valence-corrected chi connectivity index (χ0v) is 9.54. The van der Waals surface area contributed by atoms with E-state index in [-0.39, 0.29) is 31.5 Å².